The van der Waals surface area contributed by atoms with Gasteiger partial charge in [0.05, 0.1) is 16.8 Å². The van der Waals surface area contributed by atoms with E-state index in [0.29, 0.717) is 11.2 Å². The first kappa shape index (κ1) is 17.1. The molecule has 0 aromatic heterocycles. The van der Waals surface area contributed by atoms with E-state index in [-0.39, 0.29) is 10.9 Å². The van der Waals surface area contributed by atoms with Gasteiger partial charge < -0.3 is 4.74 Å². The van der Waals surface area contributed by atoms with Crippen LogP contribution in [-0.4, -0.2) is 5.25 Å². The molecule has 0 fully saturated rings. The van der Waals surface area contributed by atoms with Crippen molar-refractivity contribution in [2.75, 3.05) is 0 Å². The van der Waals surface area contributed by atoms with Crippen LogP contribution in [0.1, 0.15) is 11.5 Å². The lowest BCUT2D eigenvalue weighted by molar-refractivity contribution is 0.482. The summed E-state index contributed by atoms with van der Waals surface area (Å²) in [5.41, 5.74) is 1.48. The second-order valence-corrected chi connectivity index (χ2v) is 10.0. The number of allylic oxidation sites excluding steroid dienone is 3. The summed E-state index contributed by atoms with van der Waals surface area (Å²) in [6.45, 7) is 0. The van der Waals surface area contributed by atoms with Crippen LogP contribution in [0.15, 0.2) is 107 Å². The molecule has 1 aliphatic heterocycles. The minimum Gasteiger partial charge on any atom is -0.457 e. The Morgan fingerprint density at radius 1 is 0.741 bits per heavy atom. The summed E-state index contributed by atoms with van der Waals surface area (Å²) < 4.78 is 7.21. The fraction of sp³-hybridized carbons (Fsp3) is 0.0833. The Morgan fingerprint density at radius 3 is 2.19 bits per heavy atom. The smallest absolute Gasteiger partial charge is 0.165 e. The average molecular weight is 481 g/mol. The highest BCUT2D eigenvalue weighted by Crippen LogP contribution is 2.47. The Balaban J connectivity index is 1.45. The summed E-state index contributed by atoms with van der Waals surface area (Å²) in [5.74, 6) is 2.25. The lowest BCUT2D eigenvalue weighted by Crippen LogP contribution is -2.19. The van der Waals surface area contributed by atoms with Gasteiger partial charge in [-0.2, -0.15) is 0 Å². The molecule has 27 heavy (non-hydrogen) atoms. The molecule has 0 bridgehead atoms. The van der Waals surface area contributed by atoms with Gasteiger partial charge in [-0.1, -0.05) is 36.4 Å². The van der Waals surface area contributed by atoms with Gasteiger partial charge in [-0.15, -0.1) is 0 Å². The third-order valence-electron chi connectivity index (χ3n) is 5.00. The average Bonchev–Trinajstić information content (AvgIpc) is 3.05. The lowest BCUT2D eigenvalue weighted by Gasteiger charge is -2.14. The summed E-state index contributed by atoms with van der Waals surface area (Å²) in [4.78, 5) is 2.86. The standard InChI is InChI=1S/C24H18IOS/c25-17-9-11-18(12-10-17)26-19-13-15-20(16-14-19)27-23-7-3-1-5-21(23)22-6-2-4-8-24(22)27/h1-16,21,23H/q+1. The highest BCUT2D eigenvalue weighted by atomic mass is 127. The lowest BCUT2D eigenvalue weighted by atomic mass is 9.93. The molecule has 0 amide bonds. The van der Waals surface area contributed by atoms with E-state index in [1.807, 2.05) is 12.1 Å². The molecule has 0 N–H and O–H groups in total. The summed E-state index contributed by atoms with van der Waals surface area (Å²) in [5, 5.41) is 0.523. The molecule has 132 valence electrons. The van der Waals surface area contributed by atoms with E-state index in [2.05, 4.69) is 108 Å². The molecule has 5 rings (SSSR count). The predicted octanol–water partition coefficient (Wildman–Crippen LogP) is 6.71. The second-order valence-electron chi connectivity index (χ2n) is 6.66. The number of fused-ring (bicyclic) bond motifs is 3. The van der Waals surface area contributed by atoms with Crippen molar-refractivity contribution in [3.8, 4) is 11.5 Å². The topological polar surface area (TPSA) is 9.23 Å². The Kier molecular flexibility index (Phi) is 4.58. The van der Waals surface area contributed by atoms with Gasteiger partial charge in [0.15, 0.2) is 15.0 Å². The normalized spacial score (nSPS) is 22.3. The third-order valence-corrected chi connectivity index (χ3v) is 8.34. The molecular formula is C24H18IOS+. The van der Waals surface area contributed by atoms with Gasteiger partial charge in [0.2, 0.25) is 0 Å². The summed E-state index contributed by atoms with van der Waals surface area (Å²) in [6, 6.07) is 25.7. The number of hydrogen-bond acceptors (Lipinski definition) is 1. The summed E-state index contributed by atoms with van der Waals surface area (Å²) in [6.07, 6.45) is 9.11. The number of ether oxygens (including phenoxy) is 1. The molecule has 1 aliphatic carbocycles. The molecule has 1 heterocycles. The molecule has 3 heteroatoms. The van der Waals surface area contributed by atoms with Crippen molar-refractivity contribution in [3.63, 3.8) is 0 Å². The van der Waals surface area contributed by atoms with Crippen molar-refractivity contribution in [1.29, 1.82) is 0 Å². The number of benzene rings is 3. The molecule has 0 spiro atoms. The molecule has 2 aliphatic rings. The summed E-state index contributed by atoms with van der Waals surface area (Å²) >= 11 is 2.30. The van der Waals surface area contributed by atoms with Crippen molar-refractivity contribution >= 4 is 33.5 Å². The monoisotopic (exact) mass is 481 g/mol. The number of halogens is 1. The van der Waals surface area contributed by atoms with Crippen LogP contribution in [0.2, 0.25) is 0 Å². The van der Waals surface area contributed by atoms with Crippen LogP contribution in [0.3, 0.4) is 0 Å². The van der Waals surface area contributed by atoms with E-state index in [0.717, 1.165) is 11.5 Å². The molecule has 3 unspecified atom stereocenters. The van der Waals surface area contributed by atoms with E-state index < -0.39 is 0 Å². The van der Waals surface area contributed by atoms with E-state index in [1.54, 1.807) is 0 Å². The Morgan fingerprint density at radius 2 is 1.41 bits per heavy atom. The van der Waals surface area contributed by atoms with Crippen molar-refractivity contribution in [3.05, 3.63) is 106 Å². The van der Waals surface area contributed by atoms with Crippen LogP contribution in [0, 0.1) is 3.57 Å². The maximum absolute atomic E-state index is 6.00. The number of hydrogen-bond donors (Lipinski definition) is 0. The Labute approximate surface area is 176 Å². The van der Waals surface area contributed by atoms with Gasteiger partial charge >= 0.3 is 0 Å². The van der Waals surface area contributed by atoms with Crippen LogP contribution in [-0.2, 0) is 10.9 Å². The molecule has 3 aromatic carbocycles. The van der Waals surface area contributed by atoms with Crippen molar-refractivity contribution < 1.29 is 4.74 Å². The molecule has 0 saturated carbocycles. The highest BCUT2D eigenvalue weighted by Gasteiger charge is 2.48. The first-order chi connectivity index (χ1) is 13.3. The van der Waals surface area contributed by atoms with E-state index >= 15 is 0 Å². The molecule has 0 radical (unpaired) electrons. The zero-order valence-electron chi connectivity index (χ0n) is 14.6. The van der Waals surface area contributed by atoms with Crippen LogP contribution in [0.5, 0.6) is 11.5 Å². The quantitative estimate of drug-likeness (QED) is 0.299. The molecule has 3 atom stereocenters. The van der Waals surface area contributed by atoms with Crippen molar-refractivity contribution in [2.45, 2.75) is 21.0 Å². The van der Waals surface area contributed by atoms with Gasteiger partial charge in [0, 0.05) is 9.13 Å². The molecule has 0 saturated heterocycles. The van der Waals surface area contributed by atoms with Gasteiger partial charge in [-0.3, -0.25) is 0 Å². The fourth-order valence-corrected chi connectivity index (χ4v) is 6.88. The highest BCUT2D eigenvalue weighted by molar-refractivity contribution is 14.1. The van der Waals surface area contributed by atoms with Gasteiger partial charge in [0.1, 0.15) is 11.5 Å². The second kappa shape index (κ2) is 7.21. The zero-order valence-corrected chi connectivity index (χ0v) is 17.6. The fourth-order valence-electron chi connectivity index (χ4n) is 3.77. The van der Waals surface area contributed by atoms with Crippen molar-refractivity contribution in [2.24, 2.45) is 0 Å². The minimum atomic E-state index is 0.0654. The Hall–Kier alpha value is -1.98. The Bertz CT molecular complexity index is 1020. The SMILES string of the molecule is Ic1ccc(Oc2ccc([S+]3c4ccccc4C4C=CC=CC43)cc2)cc1. The van der Waals surface area contributed by atoms with E-state index in [4.69, 9.17) is 4.74 Å². The third kappa shape index (κ3) is 3.23. The van der Waals surface area contributed by atoms with E-state index in [1.165, 1.54) is 18.9 Å². The van der Waals surface area contributed by atoms with Crippen LogP contribution in [0.25, 0.3) is 0 Å². The van der Waals surface area contributed by atoms with E-state index in [9.17, 15) is 0 Å². The molecule has 3 aromatic rings. The molecule has 1 nitrogen and oxygen atoms in total. The van der Waals surface area contributed by atoms with Crippen LogP contribution in [0.4, 0.5) is 0 Å². The van der Waals surface area contributed by atoms with Crippen LogP contribution < -0.4 is 4.74 Å². The van der Waals surface area contributed by atoms with Crippen LogP contribution >= 0.6 is 22.6 Å². The number of rotatable bonds is 3. The first-order valence-electron chi connectivity index (χ1n) is 9.00. The maximum atomic E-state index is 6.00. The van der Waals surface area contributed by atoms with Gasteiger partial charge in [0.25, 0.3) is 0 Å². The van der Waals surface area contributed by atoms with Crippen molar-refractivity contribution in [1.82, 2.24) is 0 Å². The van der Waals surface area contributed by atoms with Gasteiger partial charge in [-0.25, -0.2) is 0 Å². The first-order valence-corrected chi connectivity index (χ1v) is 11.4. The predicted molar refractivity (Wildman–Crippen MR) is 121 cm³/mol. The summed E-state index contributed by atoms with van der Waals surface area (Å²) in [7, 11) is 0.0654. The molecular weight excluding hydrogens is 463 g/mol. The zero-order chi connectivity index (χ0) is 18.2. The largest absolute Gasteiger partial charge is 0.457 e. The maximum Gasteiger partial charge on any atom is 0.165 e. The van der Waals surface area contributed by atoms with Gasteiger partial charge in [-0.05, 0) is 83.3 Å². The minimum absolute atomic E-state index is 0.0654.